The van der Waals surface area contributed by atoms with Crippen LogP contribution in [0, 0.1) is 0 Å². The van der Waals surface area contributed by atoms with Gasteiger partial charge < -0.3 is 13.9 Å². The molecule has 49 heavy (non-hydrogen) atoms. The van der Waals surface area contributed by atoms with Crippen molar-refractivity contribution in [3.8, 4) is 16.8 Å². The highest BCUT2D eigenvalue weighted by molar-refractivity contribution is 6.18. The van der Waals surface area contributed by atoms with Crippen LogP contribution >= 0.6 is 0 Å². The topological polar surface area (TPSA) is 21.3 Å². The number of para-hydroxylation sites is 4. The Hall–Kier alpha value is -6.58. The fourth-order valence-corrected chi connectivity index (χ4v) is 7.52. The summed E-state index contributed by atoms with van der Waals surface area (Å²) < 4.78 is 8.89. The second kappa shape index (κ2) is 11.0. The number of aromatic nitrogens is 1. The van der Waals surface area contributed by atoms with Crippen LogP contribution in [-0.2, 0) is 0 Å². The van der Waals surface area contributed by atoms with Gasteiger partial charge in [-0.05, 0) is 71.1 Å². The van der Waals surface area contributed by atoms with Crippen molar-refractivity contribution in [2.75, 3.05) is 4.90 Å². The van der Waals surface area contributed by atoms with Gasteiger partial charge in [-0.1, -0.05) is 127 Å². The summed E-state index contributed by atoms with van der Waals surface area (Å²) in [6.07, 6.45) is 0. The molecule has 3 heteroatoms. The summed E-state index contributed by atoms with van der Waals surface area (Å²) in [6.45, 7) is 0. The third-order valence-corrected chi connectivity index (χ3v) is 9.78. The van der Waals surface area contributed by atoms with Gasteiger partial charge in [-0.3, -0.25) is 0 Å². The van der Waals surface area contributed by atoms with Gasteiger partial charge in [-0.15, -0.1) is 0 Å². The molecule has 0 saturated heterocycles. The van der Waals surface area contributed by atoms with Gasteiger partial charge in [0.15, 0.2) is 5.58 Å². The van der Waals surface area contributed by atoms with E-state index in [0.29, 0.717) is 0 Å². The first kappa shape index (κ1) is 27.5. The van der Waals surface area contributed by atoms with Crippen molar-refractivity contribution in [1.82, 2.24) is 4.57 Å². The van der Waals surface area contributed by atoms with E-state index >= 15 is 0 Å². The molecule has 8 aromatic carbocycles. The number of hydrogen-bond acceptors (Lipinski definition) is 2. The molecule has 2 aromatic heterocycles. The Balaban J connectivity index is 1.06. The van der Waals surface area contributed by atoms with Crippen LogP contribution < -0.4 is 4.90 Å². The van der Waals surface area contributed by atoms with Crippen molar-refractivity contribution < 1.29 is 4.42 Å². The Morgan fingerprint density at radius 1 is 0.408 bits per heavy atom. The van der Waals surface area contributed by atoms with E-state index in [1.807, 2.05) is 12.1 Å². The van der Waals surface area contributed by atoms with Crippen LogP contribution in [0.1, 0.15) is 0 Å². The zero-order chi connectivity index (χ0) is 32.3. The number of furan rings is 1. The first-order valence-corrected chi connectivity index (χ1v) is 16.7. The van der Waals surface area contributed by atoms with E-state index in [1.54, 1.807) is 0 Å². The average Bonchev–Trinajstić information content (AvgIpc) is 3.73. The molecule has 2 heterocycles. The van der Waals surface area contributed by atoms with E-state index in [2.05, 4.69) is 179 Å². The molecule has 0 bridgehead atoms. The Morgan fingerprint density at radius 3 is 1.86 bits per heavy atom. The smallest absolute Gasteiger partial charge is 0.159 e. The second-order valence-corrected chi connectivity index (χ2v) is 12.6. The lowest BCUT2D eigenvalue weighted by atomic mass is 10.0. The molecule has 0 aliphatic heterocycles. The van der Waals surface area contributed by atoms with Crippen LogP contribution in [-0.4, -0.2) is 4.57 Å². The number of benzene rings is 8. The van der Waals surface area contributed by atoms with Crippen molar-refractivity contribution in [2.24, 2.45) is 0 Å². The van der Waals surface area contributed by atoms with Crippen LogP contribution in [0.4, 0.5) is 17.1 Å². The number of anilines is 3. The Kier molecular flexibility index (Phi) is 6.18. The third-order valence-electron chi connectivity index (χ3n) is 9.78. The minimum atomic E-state index is 0.880. The van der Waals surface area contributed by atoms with Crippen molar-refractivity contribution in [2.45, 2.75) is 0 Å². The van der Waals surface area contributed by atoms with Crippen LogP contribution in [0.15, 0.2) is 186 Å². The number of hydrogen-bond donors (Lipinski definition) is 0. The molecule has 0 aliphatic carbocycles. The second-order valence-electron chi connectivity index (χ2n) is 12.6. The summed E-state index contributed by atoms with van der Waals surface area (Å²) >= 11 is 0. The Labute approximate surface area is 283 Å². The van der Waals surface area contributed by atoms with Gasteiger partial charge >= 0.3 is 0 Å². The monoisotopic (exact) mass is 626 g/mol. The fraction of sp³-hybridized carbons (Fsp3) is 0. The van der Waals surface area contributed by atoms with Crippen molar-refractivity contribution in [3.05, 3.63) is 182 Å². The summed E-state index contributed by atoms with van der Waals surface area (Å²) in [5, 5.41) is 7.29. The quantitative estimate of drug-likeness (QED) is 0.190. The van der Waals surface area contributed by atoms with E-state index in [-0.39, 0.29) is 0 Å². The first-order valence-electron chi connectivity index (χ1n) is 16.7. The molecule has 10 aromatic rings. The standard InChI is InChI=1S/C46H30N2O/c1-2-12-34(13-3-1)47(43-19-10-17-41-39-16-7-9-20-44(39)49-46(41)43)35-26-21-31(22-27-35)32-23-28-36(29-24-32)48-42-18-8-6-15-38(42)40-30-25-33-11-4-5-14-37(33)45(40)48/h1-30H. The van der Waals surface area contributed by atoms with Gasteiger partial charge in [-0.2, -0.15) is 0 Å². The zero-order valence-corrected chi connectivity index (χ0v) is 26.6. The molecule has 0 fully saturated rings. The highest BCUT2D eigenvalue weighted by Crippen LogP contribution is 2.42. The normalized spacial score (nSPS) is 11.7. The van der Waals surface area contributed by atoms with Gasteiger partial charge in [0.05, 0.1) is 16.7 Å². The van der Waals surface area contributed by atoms with Crippen molar-refractivity contribution in [1.29, 1.82) is 0 Å². The lowest BCUT2D eigenvalue weighted by Crippen LogP contribution is -2.10. The molecule has 0 unspecified atom stereocenters. The largest absolute Gasteiger partial charge is 0.454 e. The molecule has 230 valence electrons. The predicted molar refractivity (Wildman–Crippen MR) is 206 cm³/mol. The van der Waals surface area contributed by atoms with Gasteiger partial charge in [-0.25, -0.2) is 0 Å². The molecule has 0 atom stereocenters. The fourth-order valence-electron chi connectivity index (χ4n) is 7.52. The molecule has 0 spiro atoms. The maximum atomic E-state index is 6.48. The van der Waals surface area contributed by atoms with Crippen LogP contribution in [0.3, 0.4) is 0 Å². The minimum absolute atomic E-state index is 0.880. The molecule has 0 aliphatic rings. The molecule has 10 rings (SSSR count). The number of nitrogens with zero attached hydrogens (tertiary/aromatic N) is 2. The molecule has 0 amide bonds. The van der Waals surface area contributed by atoms with Crippen LogP contribution in [0.25, 0.3) is 71.3 Å². The maximum Gasteiger partial charge on any atom is 0.159 e. The molecular weight excluding hydrogens is 597 g/mol. The minimum Gasteiger partial charge on any atom is -0.454 e. The van der Waals surface area contributed by atoms with E-state index in [9.17, 15) is 0 Å². The Morgan fingerprint density at radius 2 is 1.04 bits per heavy atom. The Bertz CT molecular complexity index is 2810. The van der Waals surface area contributed by atoms with Crippen LogP contribution in [0.5, 0.6) is 0 Å². The third kappa shape index (κ3) is 4.37. The summed E-state index contributed by atoms with van der Waals surface area (Å²) in [5.41, 5.74) is 10.9. The van der Waals surface area contributed by atoms with E-state index in [1.165, 1.54) is 38.1 Å². The highest BCUT2D eigenvalue weighted by atomic mass is 16.3. The SMILES string of the molecule is c1ccc(N(c2ccc(-c3ccc(-n4c5ccccc5c5ccc6ccccc6c54)cc3)cc2)c2cccc3c2oc2ccccc23)cc1. The first-order chi connectivity index (χ1) is 24.3. The summed E-state index contributed by atoms with van der Waals surface area (Å²) in [4.78, 5) is 2.28. The summed E-state index contributed by atoms with van der Waals surface area (Å²) in [6, 6.07) is 64.8. The van der Waals surface area contributed by atoms with Crippen LogP contribution in [0.2, 0.25) is 0 Å². The van der Waals surface area contributed by atoms with Gasteiger partial charge in [0.2, 0.25) is 0 Å². The zero-order valence-electron chi connectivity index (χ0n) is 26.6. The highest BCUT2D eigenvalue weighted by Gasteiger charge is 2.19. The van der Waals surface area contributed by atoms with Gasteiger partial charge in [0, 0.05) is 44.0 Å². The van der Waals surface area contributed by atoms with E-state index in [4.69, 9.17) is 4.42 Å². The number of rotatable bonds is 5. The lowest BCUT2D eigenvalue weighted by molar-refractivity contribution is 0.669. The summed E-state index contributed by atoms with van der Waals surface area (Å²) in [7, 11) is 0. The summed E-state index contributed by atoms with van der Waals surface area (Å²) in [5.74, 6) is 0. The van der Waals surface area contributed by atoms with E-state index in [0.717, 1.165) is 50.3 Å². The number of fused-ring (bicyclic) bond motifs is 8. The molecule has 0 saturated carbocycles. The molecular formula is C46H30N2O. The van der Waals surface area contributed by atoms with Crippen molar-refractivity contribution >= 4 is 71.6 Å². The molecule has 3 nitrogen and oxygen atoms in total. The van der Waals surface area contributed by atoms with Gasteiger partial charge in [0.1, 0.15) is 5.58 Å². The van der Waals surface area contributed by atoms with Crippen molar-refractivity contribution in [3.63, 3.8) is 0 Å². The maximum absolute atomic E-state index is 6.48. The predicted octanol–water partition coefficient (Wildman–Crippen LogP) is 13.0. The van der Waals surface area contributed by atoms with Gasteiger partial charge in [0.25, 0.3) is 0 Å². The average molecular weight is 627 g/mol. The van der Waals surface area contributed by atoms with E-state index < -0.39 is 0 Å². The lowest BCUT2D eigenvalue weighted by Gasteiger charge is -2.25. The molecule has 0 radical (unpaired) electrons. The molecule has 0 N–H and O–H groups in total.